The molecule has 76 valence electrons. The first kappa shape index (κ1) is 10.5. The second-order valence-corrected chi connectivity index (χ2v) is 2.56. The summed E-state index contributed by atoms with van der Waals surface area (Å²) in [7, 11) is 0. The Kier molecular flexibility index (Phi) is 2.46. The highest BCUT2D eigenvalue weighted by Gasteiger charge is 2.39. The summed E-state index contributed by atoms with van der Waals surface area (Å²) in [6.45, 7) is 0.967. The minimum Gasteiger partial charge on any atom is -0.448 e. The van der Waals surface area contributed by atoms with Crippen molar-refractivity contribution in [1.29, 1.82) is 0 Å². The molecule has 0 bridgehead atoms. The molecule has 0 amide bonds. The Balaban J connectivity index is 3.33. The Hall–Kier alpha value is -1.59. The molecule has 1 aromatic rings. The molecule has 0 unspecified atom stereocenters. The lowest BCUT2D eigenvalue weighted by Gasteiger charge is -2.02. The van der Waals surface area contributed by atoms with Crippen LogP contribution in [-0.2, 0) is 6.18 Å². The van der Waals surface area contributed by atoms with Gasteiger partial charge in [-0.2, -0.15) is 13.2 Å². The lowest BCUT2D eigenvalue weighted by Crippen LogP contribution is -2.08. The van der Waals surface area contributed by atoms with E-state index >= 15 is 0 Å². The molecule has 0 aliphatic heterocycles. The minimum absolute atomic E-state index is 0.113. The molecule has 1 aromatic heterocycles. The van der Waals surface area contributed by atoms with Crippen LogP contribution in [0.1, 0.15) is 33.6 Å². The van der Waals surface area contributed by atoms with Gasteiger partial charge in [0.15, 0.2) is 17.8 Å². The molecule has 1 heterocycles. The Morgan fingerprint density at radius 1 is 1.50 bits per heavy atom. The molecule has 0 saturated carbocycles. The SMILES string of the molecule is CC(=O)c1cc(C=O)oc1C(F)(F)F. The van der Waals surface area contributed by atoms with E-state index in [1.54, 1.807) is 0 Å². The molecule has 0 spiro atoms. The van der Waals surface area contributed by atoms with E-state index in [0.717, 1.165) is 13.0 Å². The Morgan fingerprint density at radius 3 is 2.36 bits per heavy atom. The highest BCUT2D eigenvalue weighted by atomic mass is 19.4. The number of carbonyl (C=O) groups is 2. The van der Waals surface area contributed by atoms with Crippen LogP contribution in [0.25, 0.3) is 0 Å². The van der Waals surface area contributed by atoms with Crippen LogP contribution in [0.5, 0.6) is 0 Å². The van der Waals surface area contributed by atoms with Gasteiger partial charge in [0, 0.05) is 0 Å². The fraction of sp³-hybridized carbons (Fsp3) is 0.250. The Morgan fingerprint density at radius 2 is 2.07 bits per heavy atom. The summed E-state index contributed by atoms with van der Waals surface area (Å²) in [5.41, 5.74) is -0.625. The van der Waals surface area contributed by atoms with E-state index in [0.29, 0.717) is 0 Å². The van der Waals surface area contributed by atoms with Crippen molar-refractivity contribution in [2.45, 2.75) is 13.1 Å². The van der Waals surface area contributed by atoms with Crippen molar-refractivity contribution in [3.05, 3.63) is 23.2 Å². The summed E-state index contributed by atoms with van der Waals surface area (Å²) in [5.74, 6) is -2.73. The third-order valence-corrected chi connectivity index (χ3v) is 1.50. The van der Waals surface area contributed by atoms with Crippen LogP contribution in [0.4, 0.5) is 13.2 Å². The van der Waals surface area contributed by atoms with Gasteiger partial charge in [-0.1, -0.05) is 0 Å². The Bertz CT molecular complexity index is 376. The first-order valence-corrected chi connectivity index (χ1v) is 3.53. The highest BCUT2D eigenvalue weighted by molar-refractivity contribution is 5.96. The van der Waals surface area contributed by atoms with Gasteiger partial charge >= 0.3 is 6.18 Å². The summed E-state index contributed by atoms with van der Waals surface area (Å²) in [5, 5.41) is 0. The van der Waals surface area contributed by atoms with Crippen LogP contribution in [-0.4, -0.2) is 12.1 Å². The third-order valence-electron chi connectivity index (χ3n) is 1.50. The van der Waals surface area contributed by atoms with Gasteiger partial charge in [0.1, 0.15) is 0 Å². The molecule has 14 heavy (non-hydrogen) atoms. The molecule has 3 nitrogen and oxygen atoms in total. The molecule has 0 N–H and O–H groups in total. The van der Waals surface area contributed by atoms with Crippen molar-refractivity contribution in [2.24, 2.45) is 0 Å². The lowest BCUT2D eigenvalue weighted by molar-refractivity contribution is -0.153. The molecular weight excluding hydrogens is 201 g/mol. The number of hydrogen-bond acceptors (Lipinski definition) is 3. The topological polar surface area (TPSA) is 47.3 Å². The average molecular weight is 206 g/mol. The minimum atomic E-state index is -4.76. The van der Waals surface area contributed by atoms with E-state index in [4.69, 9.17) is 0 Å². The molecule has 0 aliphatic rings. The van der Waals surface area contributed by atoms with E-state index < -0.39 is 29.0 Å². The van der Waals surface area contributed by atoms with Crippen molar-refractivity contribution in [3.63, 3.8) is 0 Å². The van der Waals surface area contributed by atoms with E-state index in [-0.39, 0.29) is 6.29 Å². The summed E-state index contributed by atoms with van der Waals surface area (Å²) >= 11 is 0. The maximum absolute atomic E-state index is 12.2. The summed E-state index contributed by atoms with van der Waals surface area (Å²) in [4.78, 5) is 20.9. The normalized spacial score (nSPS) is 11.4. The van der Waals surface area contributed by atoms with E-state index in [1.165, 1.54) is 0 Å². The van der Waals surface area contributed by atoms with Gasteiger partial charge in [-0.3, -0.25) is 9.59 Å². The molecule has 0 radical (unpaired) electrons. The second-order valence-electron chi connectivity index (χ2n) is 2.56. The summed E-state index contributed by atoms with van der Waals surface area (Å²) in [6, 6.07) is 0.776. The summed E-state index contributed by atoms with van der Waals surface area (Å²) < 4.78 is 40.8. The van der Waals surface area contributed by atoms with Gasteiger partial charge in [-0.05, 0) is 13.0 Å². The fourth-order valence-electron chi connectivity index (χ4n) is 0.940. The number of hydrogen-bond donors (Lipinski definition) is 0. The lowest BCUT2D eigenvalue weighted by atomic mass is 10.1. The van der Waals surface area contributed by atoms with Crippen molar-refractivity contribution >= 4 is 12.1 Å². The molecule has 1 rings (SSSR count). The monoisotopic (exact) mass is 206 g/mol. The Labute approximate surface area is 76.5 Å². The van der Waals surface area contributed by atoms with Crippen LogP contribution in [0.15, 0.2) is 10.5 Å². The maximum Gasteiger partial charge on any atom is 0.450 e. The van der Waals surface area contributed by atoms with Gasteiger partial charge in [-0.25, -0.2) is 0 Å². The molecule has 0 atom stereocenters. The molecule has 0 aliphatic carbocycles. The molecule has 6 heteroatoms. The van der Waals surface area contributed by atoms with Crippen LogP contribution >= 0.6 is 0 Å². The zero-order valence-corrected chi connectivity index (χ0v) is 7.01. The number of ketones is 1. The molecule has 0 aromatic carbocycles. The molecule has 0 fully saturated rings. The fourth-order valence-corrected chi connectivity index (χ4v) is 0.940. The number of rotatable bonds is 2. The molecule has 0 saturated heterocycles. The highest BCUT2D eigenvalue weighted by Crippen LogP contribution is 2.33. The van der Waals surface area contributed by atoms with E-state index in [1.807, 2.05) is 0 Å². The quantitative estimate of drug-likeness (QED) is 0.551. The van der Waals surface area contributed by atoms with Gasteiger partial charge in [0.25, 0.3) is 0 Å². The van der Waals surface area contributed by atoms with Gasteiger partial charge < -0.3 is 4.42 Å². The van der Waals surface area contributed by atoms with Crippen LogP contribution in [0.2, 0.25) is 0 Å². The third kappa shape index (κ3) is 1.84. The largest absolute Gasteiger partial charge is 0.450 e. The first-order valence-electron chi connectivity index (χ1n) is 3.53. The maximum atomic E-state index is 12.2. The number of carbonyl (C=O) groups excluding carboxylic acids is 2. The van der Waals surface area contributed by atoms with Crippen LogP contribution in [0.3, 0.4) is 0 Å². The van der Waals surface area contributed by atoms with Gasteiger partial charge in [0.2, 0.25) is 5.76 Å². The van der Waals surface area contributed by atoms with Crippen molar-refractivity contribution < 1.29 is 27.2 Å². The predicted octanol–water partition coefficient (Wildman–Crippen LogP) is 2.31. The van der Waals surface area contributed by atoms with Crippen molar-refractivity contribution in [3.8, 4) is 0 Å². The molecular formula is C8H5F3O3. The van der Waals surface area contributed by atoms with E-state index in [9.17, 15) is 22.8 Å². The van der Waals surface area contributed by atoms with Crippen LogP contribution in [0, 0.1) is 0 Å². The van der Waals surface area contributed by atoms with Crippen molar-refractivity contribution in [1.82, 2.24) is 0 Å². The smallest absolute Gasteiger partial charge is 0.448 e. The van der Waals surface area contributed by atoms with Crippen LogP contribution < -0.4 is 0 Å². The second kappa shape index (κ2) is 3.28. The van der Waals surface area contributed by atoms with Gasteiger partial charge in [0.05, 0.1) is 5.56 Å². The average Bonchev–Trinajstić information content (AvgIpc) is 2.46. The standard InChI is InChI=1S/C8H5F3O3/c1-4(13)6-2-5(3-12)14-7(6)8(9,10)11/h2-3H,1H3. The number of alkyl halides is 3. The predicted molar refractivity (Wildman–Crippen MR) is 39.1 cm³/mol. The first-order chi connectivity index (χ1) is 6.36. The number of Topliss-reactive ketones (excluding diaryl/α,β-unsaturated/α-hetero) is 1. The summed E-state index contributed by atoms with van der Waals surface area (Å²) in [6.07, 6.45) is -4.65. The zero-order chi connectivity index (χ0) is 10.9. The van der Waals surface area contributed by atoms with E-state index in [2.05, 4.69) is 4.42 Å². The number of halogens is 3. The van der Waals surface area contributed by atoms with Crippen molar-refractivity contribution in [2.75, 3.05) is 0 Å². The van der Waals surface area contributed by atoms with Gasteiger partial charge in [-0.15, -0.1) is 0 Å². The zero-order valence-electron chi connectivity index (χ0n) is 7.01. The number of furan rings is 1. The number of aldehydes is 1.